The second-order valence-electron chi connectivity index (χ2n) is 6.61. The Labute approximate surface area is 164 Å². The van der Waals surface area contributed by atoms with E-state index in [-0.39, 0.29) is 0 Å². The molecule has 4 rings (SSSR count). The van der Waals surface area contributed by atoms with Gasteiger partial charge in [0.1, 0.15) is 11.5 Å². The molecule has 0 saturated carbocycles. The number of rotatable bonds is 5. The van der Waals surface area contributed by atoms with Gasteiger partial charge in [0.2, 0.25) is 5.44 Å². The summed E-state index contributed by atoms with van der Waals surface area (Å²) in [5.41, 5.74) is 3.18. The first-order chi connectivity index (χ1) is 13.5. The minimum atomic E-state index is -3.73. The summed E-state index contributed by atoms with van der Waals surface area (Å²) in [6.07, 6.45) is 3.81. The molecule has 0 radical (unpaired) electrons. The molecule has 1 unspecified atom stereocenters. The lowest BCUT2D eigenvalue weighted by molar-refractivity contribution is 0.307. The fourth-order valence-corrected chi connectivity index (χ4v) is 4.49. The molecule has 2 heterocycles. The quantitative estimate of drug-likeness (QED) is 0.710. The van der Waals surface area contributed by atoms with Crippen LogP contribution in [0.5, 0.6) is 11.5 Å². The van der Waals surface area contributed by atoms with E-state index in [9.17, 15) is 8.42 Å². The van der Waals surface area contributed by atoms with Crippen molar-refractivity contribution in [3.05, 3.63) is 72.1 Å². The highest BCUT2D eigenvalue weighted by atomic mass is 32.2. The number of hydrogen-bond donors (Lipinski definition) is 1. The summed E-state index contributed by atoms with van der Waals surface area (Å²) >= 11 is 0. The Hall–Kier alpha value is -3.06. The molecule has 28 heavy (non-hydrogen) atoms. The van der Waals surface area contributed by atoms with Crippen LogP contribution in [0, 0.1) is 6.92 Å². The molecule has 0 aliphatic carbocycles. The molecule has 2 aromatic carbocycles. The third-order valence-electron chi connectivity index (χ3n) is 4.75. The van der Waals surface area contributed by atoms with Crippen LogP contribution in [-0.4, -0.2) is 25.9 Å². The molecule has 144 valence electrons. The second-order valence-corrected chi connectivity index (χ2v) is 8.43. The molecule has 1 atom stereocenters. The molecular weight excluding hydrogens is 376 g/mol. The number of benzene rings is 2. The summed E-state index contributed by atoms with van der Waals surface area (Å²) in [4.78, 5) is 4.17. The van der Waals surface area contributed by atoms with Crippen molar-refractivity contribution in [2.45, 2.75) is 18.8 Å². The Morgan fingerprint density at radius 3 is 2.71 bits per heavy atom. The van der Waals surface area contributed by atoms with E-state index in [1.807, 2.05) is 37.3 Å². The first-order valence-corrected chi connectivity index (χ1v) is 10.4. The predicted octanol–water partition coefficient (Wildman–Crippen LogP) is 3.77. The minimum absolute atomic E-state index is 0.315. The Morgan fingerprint density at radius 2 is 1.96 bits per heavy atom. The van der Waals surface area contributed by atoms with Crippen LogP contribution >= 0.6 is 0 Å². The van der Waals surface area contributed by atoms with Gasteiger partial charge in [-0.2, -0.15) is 0 Å². The van der Waals surface area contributed by atoms with Crippen molar-refractivity contribution < 1.29 is 17.9 Å². The average molecular weight is 396 g/mol. The van der Waals surface area contributed by atoms with Gasteiger partial charge in [0, 0.05) is 36.0 Å². The van der Waals surface area contributed by atoms with Crippen molar-refractivity contribution in [3.8, 4) is 22.6 Å². The van der Waals surface area contributed by atoms with Gasteiger partial charge in [-0.05, 0) is 42.3 Å². The molecule has 0 amide bonds. The predicted molar refractivity (Wildman–Crippen MR) is 108 cm³/mol. The molecule has 1 N–H and O–H groups in total. The number of anilines is 1. The summed E-state index contributed by atoms with van der Waals surface area (Å²) < 4.78 is 39.3. The maximum Gasteiger partial charge on any atom is 0.271 e. The van der Waals surface area contributed by atoms with E-state index in [1.165, 1.54) is 0 Å². The molecule has 7 heteroatoms. The van der Waals surface area contributed by atoms with E-state index >= 15 is 0 Å². The summed E-state index contributed by atoms with van der Waals surface area (Å²) in [6.45, 7) is 1.99. The van der Waals surface area contributed by atoms with Crippen LogP contribution in [0.15, 0.2) is 60.9 Å². The van der Waals surface area contributed by atoms with Crippen LogP contribution in [0.25, 0.3) is 11.1 Å². The van der Waals surface area contributed by atoms with E-state index in [1.54, 1.807) is 37.7 Å². The molecule has 0 fully saturated rings. The van der Waals surface area contributed by atoms with E-state index in [4.69, 9.17) is 9.47 Å². The number of pyridine rings is 1. The summed E-state index contributed by atoms with van der Waals surface area (Å²) in [5.74, 6) is 1.17. The Kier molecular flexibility index (Phi) is 4.68. The Morgan fingerprint density at radius 1 is 1.14 bits per heavy atom. The number of para-hydroxylation sites is 1. The number of sulfonamides is 1. The Balaban J connectivity index is 1.60. The van der Waals surface area contributed by atoms with Crippen LogP contribution in [0.1, 0.15) is 11.1 Å². The fraction of sp³-hybridized carbons (Fsp3) is 0.190. The van der Waals surface area contributed by atoms with Gasteiger partial charge in [-0.1, -0.05) is 18.2 Å². The second kappa shape index (κ2) is 7.16. The monoisotopic (exact) mass is 396 g/mol. The van der Waals surface area contributed by atoms with Gasteiger partial charge in [-0.25, -0.2) is 8.42 Å². The van der Waals surface area contributed by atoms with Crippen LogP contribution in [0.2, 0.25) is 0 Å². The third-order valence-corrected chi connectivity index (χ3v) is 6.23. The number of hydrogen-bond acceptors (Lipinski definition) is 5. The third kappa shape index (κ3) is 3.41. The zero-order valence-corrected chi connectivity index (χ0v) is 16.4. The average Bonchev–Trinajstić information content (AvgIpc) is 3.14. The maximum absolute atomic E-state index is 12.8. The number of aryl methyl sites for hydroxylation is 1. The number of nitrogens with one attached hydrogen (secondary N) is 1. The maximum atomic E-state index is 12.8. The first kappa shape index (κ1) is 18.3. The lowest BCUT2D eigenvalue weighted by Gasteiger charge is -2.16. The summed E-state index contributed by atoms with van der Waals surface area (Å²) in [7, 11) is -2.18. The van der Waals surface area contributed by atoms with Crippen molar-refractivity contribution in [1.82, 2.24) is 4.98 Å². The summed E-state index contributed by atoms with van der Waals surface area (Å²) in [6, 6.07) is 14.5. The fourth-order valence-electron chi connectivity index (χ4n) is 3.28. The van der Waals surface area contributed by atoms with Gasteiger partial charge in [-0.15, -0.1) is 0 Å². The zero-order chi connectivity index (χ0) is 19.7. The van der Waals surface area contributed by atoms with Gasteiger partial charge in [0.05, 0.1) is 12.8 Å². The normalized spacial score (nSPS) is 15.6. The van der Waals surface area contributed by atoms with Gasteiger partial charge in [-0.3, -0.25) is 9.71 Å². The molecule has 0 spiro atoms. The molecule has 0 bridgehead atoms. The number of ether oxygens (including phenoxy) is 2. The molecule has 0 saturated heterocycles. The molecule has 6 nitrogen and oxygen atoms in total. The van der Waals surface area contributed by atoms with Crippen LogP contribution in [-0.2, 0) is 16.4 Å². The van der Waals surface area contributed by atoms with Gasteiger partial charge in [0.15, 0.2) is 0 Å². The van der Waals surface area contributed by atoms with Crippen molar-refractivity contribution in [1.29, 1.82) is 0 Å². The molecule has 3 aromatic rings. The standard InChI is InChI=1S/C21H20N2O4S/c1-14-9-10-22-13-18(14)17-8-7-16(12-20(17)26-2)23-28(24,25)21-11-15-5-3-4-6-19(15)27-21/h3-10,12-13,21,23H,11H2,1-2H3. The van der Waals surface area contributed by atoms with E-state index in [2.05, 4.69) is 9.71 Å². The van der Waals surface area contributed by atoms with Crippen molar-refractivity contribution in [2.75, 3.05) is 11.8 Å². The SMILES string of the molecule is COc1cc(NS(=O)(=O)C2Cc3ccccc3O2)ccc1-c1cnccc1C. The van der Waals surface area contributed by atoms with Crippen LogP contribution < -0.4 is 14.2 Å². The lowest BCUT2D eigenvalue weighted by Crippen LogP contribution is -2.31. The number of aromatic nitrogens is 1. The van der Waals surface area contributed by atoms with Crippen molar-refractivity contribution >= 4 is 15.7 Å². The highest BCUT2D eigenvalue weighted by Crippen LogP contribution is 2.35. The highest BCUT2D eigenvalue weighted by molar-refractivity contribution is 7.93. The van der Waals surface area contributed by atoms with E-state index < -0.39 is 15.5 Å². The van der Waals surface area contributed by atoms with Crippen molar-refractivity contribution in [3.63, 3.8) is 0 Å². The highest BCUT2D eigenvalue weighted by Gasteiger charge is 2.34. The number of methoxy groups -OCH3 is 1. The van der Waals surface area contributed by atoms with E-state index in [0.717, 1.165) is 22.3 Å². The zero-order valence-electron chi connectivity index (χ0n) is 15.5. The van der Waals surface area contributed by atoms with Gasteiger partial charge < -0.3 is 9.47 Å². The molecule has 1 aliphatic rings. The lowest BCUT2D eigenvalue weighted by atomic mass is 10.0. The molecular formula is C21H20N2O4S. The molecule has 1 aliphatic heterocycles. The summed E-state index contributed by atoms with van der Waals surface area (Å²) in [5, 5.41) is 0. The van der Waals surface area contributed by atoms with Gasteiger partial charge in [0.25, 0.3) is 10.0 Å². The van der Waals surface area contributed by atoms with E-state index in [0.29, 0.717) is 23.6 Å². The Bertz CT molecular complexity index is 1100. The number of nitrogens with zero attached hydrogens (tertiary/aromatic N) is 1. The first-order valence-electron chi connectivity index (χ1n) is 8.83. The smallest absolute Gasteiger partial charge is 0.271 e. The largest absolute Gasteiger partial charge is 0.496 e. The molecule has 1 aromatic heterocycles. The van der Waals surface area contributed by atoms with Crippen LogP contribution in [0.4, 0.5) is 5.69 Å². The number of fused-ring (bicyclic) bond motifs is 1. The minimum Gasteiger partial charge on any atom is -0.496 e. The van der Waals surface area contributed by atoms with Gasteiger partial charge >= 0.3 is 0 Å². The van der Waals surface area contributed by atoms with Crippen molar-refractivity contribution in [2.24, 2.45) is 0 Å². The van der Waals surface area contributed by atoms with Crippen LogP contribution in [0.3, 0.4) is 0 Å². The topological polar surface area (TPSA) is 77.5 Å².